The molecule has 374 valence electrons. The molecule has 0 aliphatic carbocycles. The molecule has 0 radical (unpaired) electrons. The third-order valence-electron chi connectivity index (χ3n) is 11.0. The van der Waals surface area contributed by atoms with Gasteiger partial charge in [-0.05, 0) is 109 Å². The van der Waals surface area contributed by atoms with E-state index in [1.807, 2.05) is 6.08 Å². The Hall–Kier alpha value is -3.93. The van der Waals surface area contributed by atoms with Crippen LogP contribution in [-0.4, -0.2) is 37.2 Å². The predicted octanol–water partition coefficient (Wildman–Crippen LogP) is 17.9. The number of rotatable bonds is 47. The summed E-state index contributed by atoms with van der Waals surface area (Å²) >= 11 is 0. The molecular formula is C60H98O6. The Morgan fingerprint density at radius 3 is 1.09 bits per heavy atom. The molecule has 66 heavy (non-hydrogen) atoms. The number of esters is 3. The smallest absolute Gasteiger partial charge is 0.306 e. The lowest BCUT2D eigenvalue weighted by Crippen LogP contribution is -2.30. The fourth-order valence-electron chi connectivity index (χ4n) is 6.97. The SMILES string of the molecule is CC/C=C\C/C=C\C/C=C\C/C=C\C/C=C\C/C=C\CCC(=O)OCC(COC(=O)CCCCCCC/C=C\CCC)OC(=O)CCCCCCCCCCC/C=C\C/C=C\CCCCC. The standard InChI is InChI=1S/C60H98O6/c1-4-7-10-13-16-19-22-24-26-28-30-32-34-36-38-41-44-47-50-53-59(62)65-56-57(55-64-58(61)52-49-46-43-40-21-18-15-12-9-6-3)66-60(63)54-51-48-45-42-39-37-35-33-31-29-27-25-23-20-17-14-11-8-5-2/h7,10,12,15-17,19-20,24-27,30,32,36,38,44,47,57H,4-6,8-9,11,13-14,18,21-23,28-29,31,33-35,37,39-43,45-46,48-56H2,1-3H3/b10-7-,15-12-,19-16-,20-17-,26-24-,27-25-,32-30-,38-36-,47-44-. The first kappa shape index (κ1) is 62.1. The molecule has 0 fully saturated rings. The van der Waals surface area contributed by atoms with Crippen molar-refractivity contribution in [1.29, 1.82) is 0 Å². The maximum absolute atomic E-state index is 12.8. The van der Waals surface area contributed by atoms with Gasteiger partial charge in [-0.15, -0.1) is 0 Å². The van der Waals surface area contributed by atoms with Gasteiger partial charge in [-0.1, -0.05) is 214 Å². The van der Waals surface area contributed by atoms with Gasteiger partial charge in [0.2, 0.25) is 0 Å². The van der Waals surface area contributed by atoms with Gasteiger partial charge in [0.05, 0.1) is 0 Å². The molecular weight excluding hydrogens is 817 g/mol. The fourth-order valence-corrected chi connectivity index (χ4v) is 6.97. The summed E-state index contributed by atoms with van der Waals surface area (Å²) in [6, 6.07) is 0. The molecule has 0 spiro atoms. The van der Waals surface area contributed by atoms with E-state index in [1.165, 1.54) is 83.5 Å². The highest BCUT2D eigenvalue weighted by atomic mass is 16.6. The normalized spacial score (nSPS) is 13.0. The molecule has 0 aliphatic heterocycles. The minimum Gasteiger partial charge on any atom is -0.462 e. The van der Waals surface area contributed by atoms with Crippen LogP contribution in [0.3, 0.4) is 0 Å². The van der Waals surface area contributed by atoms with Crippen LogP contribution in [0.15, 0.2) is 109 Å². The van der Waals surface area contributed by atoms with Gasteiger partial charge in [0.1, 0.15) is 13.2 Å². The minimum absolute atomic E-state index is 0.109. The zero-order chi connectivity index (χ0) is 47.9. The molecule has 0 heterocycles. The van der Waals surface area contributed by atoms with Gasteiger partial charge in [0.25, 0.3) is 0 Å². The van der Waals surface area contributed by atoms with Crippen LogP contribution in [0, 0.1) is 0 Å². The molecule has 0 aromatic rings. The fraction of sp³-hybridized carbons (Fsp3) is 0.650. The highest BCUT2D eigenvalue weighted by molar-refractivity contribution is 5.71. The summed E-state index contributed by atoms with van der Waals surface area (Å²) in [6.07, 6.45) is 72.3. The van der Waals surface area contributed by atoms with E-state index in [4.69, 9.17) is 14.2 Å². The third kappa shape index (κ3) is 51.1. The predicted molar refractivity (Wildman–Crippen MR) is 283 cm³/mol. The lowest BCUT2D eigenvalue weighted by molar-refractivity contribution is -0.166. The summed E-state index contributed by atoms with van der Waals surface area (Å²) in [5.41, 5.74) is 0. The second-order valence-electron chi connectivity index (χ2n) is 17.4. The Morgan fingerprint density at radius 1 is 0.318 bits per heavy atom. The quantitative estimate of drug-likeness (QED) is 0.0262. The highest BCUT2D eigenvalue weighted by Crippen LogP contribution is 2.14. The number of allylic oxidation sites excluding steroid dienone is 18. The number of unbranched alkanes of at least 4 members (excludes halogenated alkanes) is 18. The van der Waals surface area contributed by atoms with Crippen LogP contribution >= 0.6 is 0 Å². The lowest BCUT2D eigenvalue weighted by Gasteiger charge is -2.18. The maximum atomic E-state index is 12.8. The molecule has 0 rings (SSSR count). The molecule has 1 atom stereocenters. The average Bonchev–Trinajstić information content (AvgIpc) is 3.31. The summed E-state index contributed by atoms with van der Waals surface area (Å²) in [5.74, 6) is -1.02. The van der Waals surface area contributed by atoms with Crippen molar-refractivity contribution in [2.24, 2.45) is 0 Å². The number of ether oxygens (including phenoxy) is 3. The van der Waals surface area contributed by atoms with E-state index in [9.17, 15) is 14.4 Å². The first-order valence-corrected chi connectivity index (χ1v) is 26.9. The van der Waals surface area contributed by atoms with E-state index < -0.39 is 6.10 Å². The van der Waals surface area contributed by atoms with E-state index >= 15 is 0 Å². The molecule has 0 saturated heterocycles. The van der Waals surface area contributed by atoms with E-state index in [-0.39, 0.29) is 37.5 Å². The number of hydrogen-bond donors (Lipinski definition) is 0. The summed E-state index contributed by atoms with van der Waals surface area (Å²) in [6.45, 7) is 6.35. The van der Waals surface area contributed by atoms with Crippen molar-refractivity contribution in [1.82, 2.24) is 0 Å². The molecule has 6 heteroatoms. The van der Waals surface area contributed by atoms with Gasteiger partial charge >= 0.3 is 17.9 Å². The number of carbonyl (C=O) groups is 3. The second kappa shape index (κ2) is 53.7. The number of hydrogen-bond acceptors (Lipinski definition) is 6. The number of carbonyl (C=O) groups excluding carboxylic acids is 3. The van der Waals surface area contributed by atoms with Gasteiger partial charge in [0, 0.05) is 19.3 Å². The Kier molecular flexibility index (Phi) is 50.5. The molecule has 0 N–H and O–H groups in total. The van der Waals surface area contributed by atoms with Crippen molar-refractivity contribution in [3.63, 3.8) is 0 Å². The molecule has 1 unspecified atom stereocenters. The van der Waals surface area contributed by atoms with Crippen molar-refractivity contribution in [3.05, 3.63) is 109 Å². The summed E-state index contributed by atoms with van der Waals surface area (Å²) in [4.78, 5) is 38.0. The maximum Gasteiger partial charge on any atom is 0.306 e. The van der Waals surface area contributed by atoms with Crippen molar-refractivity contribution >= 4 is 17.9 Å². The molecule has 0 aromatic carbocycles. The highest BCUT2D eigenvalue weighted by Gasteiger charge is 2.19. The van der Waals surface area contributed by atoms with Crippen molar-refractivity contribution in [3.8, 4) is 0 Å². The first-order chi connectivity index (χ1) is 32.5. The van der Waals surface area contributed by atoms with E-state index in [1.54, 1.807) is 0 Å². The van der Waals surface area contributed by atoms with Crippen LogP contribution in [0.4, 0.5) is 0 Å². The van der Waals surface area contributed by atoms with Crippen LogP contribution < -0.4 is 0 Å². The Labute approximate surface area is 406 Å². The zero-order valence-electron chi connectivity index (χ0n) is 42.7. The van der Waals surface area contributed by atoms with Crippen LogP contribution in [0.25, 0.3) is 0 Å². The third-order valence-corrected chi connectivity index (χ3v) is 11.0. The molecule has 6 nitrogen and oxygen atoms in total. The van der Waals surface area contributed by atoms with Gasteiger partial charge in [-0.3, -0.25) is 14.4 Å². The van der Waals surface area contributed by atoms with Crippen LogP contribution in [0.1, 0.15) is 233 Å². The van der Waals surface area contributed by atoms with Gasteiger partial charge in [-0.2, -0.15) is 0 Å². The monoisotopic (exact) mass is 915 g/mol. The van der Waals surface area contributed by atoms with Crippen molar-refractivity contribution < 1.29 is 28.6 Å². The largest absolute Gasteiger partial charge is 0.462 e. The second-order valence-corrected chi connectivity index (χ2v) is 17.4. The van der Waals surface area contributed by atoms with E-state index in [0.29, 0.717) is 19.3 Å². The summed E-state index contributed by atoms with van der Waals surface area (Å²) in [7, 11) is 0. The lowest BCUT2D eigenvalue weighted by atomic mass is 10.1. The van der Waals surface area contributed by atoms with Gasteiger partial charge in [0.15, 0.2) is 6.10 Å². The van der Waals surface area contributed by atoms with Crippen molar-refractivity contribution in [2.75, 3.05) is 13.2 Å². The molecule has 0 saturated carbocycles. The molecule has 0 bridgehead atoms. The van der Waals surface area contributed by atoms with Gasteiger partial charge < -0.3 is 14.2 Å². The van der Waals surface area contributed by atoms with E-state index in [2.05, 4.69) is 124 Å². The Morgan fingerprint density at radius 2 is 0.652 bits per heavy atom. The van der Waals surface area contributed by atoms with Crippen LogP contribution in [-0.2, 0) is 28.6 Å². The minimum atomic E-state index is -0.815. The average molecular weight is 915 g/mol. The topological polar surface area (TPSA) is 78.9 Å². The first-order valence-electron chi connectivity index (χ1n) is 26.9. The van der Waals surface area contributed by atoms with Gasteiger partial charge in [-0.25, -0.2) is 0 Å². The Bertz CT molecular complexity index is 1370. The molecule has 0 aromatic heterocycles. The Balaban J connectivity index is 4.47. The van der Waals surface area contributed by atoms with Crippen molar-refractivity contribution in [2.45, 2.75) is 239 Å². The molecule has 0 aliphatic rings. The van der Waals surface area contributed by atoms with Crippen LogP contribution in [0.5, 0.6) is 0 Å². The zero-order valence-corrected chi connectivity index (χ0v) is 42.7. The summed E-state index contributed by atoms with van der Waals surface area (Å²) in [5, 5.41) is 0. The molecule has 0 amide bonds. The van der Waals surface area contributed by atoms with Crippen LogP contribution in [0.2, 0.25) is 0 Å². The van der Waals surface area contributed by atoms with E-state index in [0.717, 1.165) is 103 Å². The summed E-state index contributed by atoms with van der Waals surface area (Å²) < 4.78 is 16.7.